The van der Waals surface area contributed by atoms with Crippen LogP contribution in [0.15, 0.2) is 22.7 Å². The van der Waals surface area contributed by atoms with Gasteiger partial charge in [0.05, 0.1) is 0 Å². The second kappa shape index (κ2) is 5.35. The monoisotopic (exact) mass is 347 g/mol. The first kappa shape index (κ1) is 11.7. The molecule has 1 rings (SSSR count). The van der Waals surface area contributed by atoms with Crippen LogP contribution in [0.2, 0.25) is 0 Å². The molecule has 0 heterocycles. The minimum Gasteiger partial charge on any atom is -0.326 e. The van der Waals surface area contributed by atoms with Crippen molar-refractivity contribution in [1.29, 1.82) is 0 Å². The molecule has 0 aliphatic rings. The molecular formula is C7H8BrClIN. The quantitative estimate of drug-likeness (QED) is 0.776. The van der Waals surface area contributed by atoms with E-state index in [1.54, 1.807) is 0 Å². The molecular weight excluding hydrogens is 340 g/mol. The zero-order valence-corrected chi connectivity index (χ0v) is 10.2. The number of hydrogen-bond donors (Lipinski definition) is 1. The molecule has 0 atom stereocenters. The molecule has 0 spiro atoms. The van der Waals surface area contributed by atoms with Gasteiger partial charge in [-0.25, -0.2) is 0 Å². The van der Waals surface area contributed by atoms with Crippen LogP contribution < -0.4 is 5.73 Å². The van der Waals surface area contributed by atoms with Crippen LogP contribution >= 0.6 is 50.9 Å². The van der Waals surface area contributed by atoms with E-state index >= 15 is 0 Å². The lowest BCUT2D eigenvalue weighted by Gasteiger charge is -1.99. The van der Waals surface area contributed by atoms with Crippen LogP contribution in [-0.2, 0) is 6.54 Å². The molecule has 0 aromatic heterocycles. The number of hydrogen-bond acceptors (Lipinski definition) is 1. The van der Waals surface area contributed by atoms with E-state index in [4.69, 9.17) is 5.73 Å². The maximum absolute atomic E-state index is 5.48. The van der Waals surface area contributed by atoms with Crippen molar-refractivity contribution in [2.24, 2.45) is 5.73 Å². The van der Waals surface area contributed by atoms with E-state index in [0.29, 0.717) is 6.54 Å². The van der Waals surface area contributed by atoms with Gasteiger partial charge in [-0.2, -0.15) is 0 Å². The molecule has 62 valence electrons. The Labute approximate surface area is 94.4 Å². The summed E-state index contributed by atoms with van der Waals surface area (Å²) in [7, 11) is 0. The Morgan fingerprint density at radius 1 is 1.45 bits per heavy atom. The Balaban J connectivity index is 0.000001000. The van der Waals surface area contributed by atoms with Crippen molar-refractivity contribution in [3.8, 4) is 0 Å². The number of halogens is 3. The first-order valence-electron chi connectivity index (χ1n) is 2.88. The SMILES string of the molecule is Cl.NCc1ccc(Br)cc1I. The molecule has 11 heavy (non-hydrogen) atoms. The van der Waals surface area contributed by atoms with Crippen molar-refractivity contribution < 1.29 is 0 Å². The fourth-order valence-electron chi connectivity index (χ4n) is 0.687. The summed E-state index contributed by atoms with van der Waals surface area (Å²) in [6, 6.07) is 6.10. The smallest absolute Gasteiger partial charge is 0.0188 e. The normalized spacial score (nSPS) is 9.00. The standard InChI is InChI=1S/C7H7BrIN.ClH/c8-6-2-1-5(4-10)7(9)3-6;/h1-3H,4,10H2;1H. The highest BCUT2D eigenvalue weighted by atomic mass is 127. The third kappa shape index (κ3) is 3.27. The van der Waals surface area contributed by atoms with E-state index in [9.17, 15) is 0 Å². The Morgan fingerprint density at radius 2 is 2.09 bits per heavy atom. The highest BCUT2D eigenvalue weighted by Gasteiger charge is 1.95. The largest absolute Gasteiger partial charge is 0.326 e. The second-order valence-corrected chi connectivity index (χ2v) is 4.02. The summed E-state index contributed by atoms with van der Waals surface area (Å²) in [6.07, 6.45) is 0. The molecule has 0 aliphatic heterocycles. The summed E-state index contributed by atoms with van der Waals surface area (Å²) in [5.41, 5.74) is 6.68. The Hall–Kier alpha value is 0.680. The van der Waals surface area contributed by atoms with Gasteiger partial charge in [-0.1, -0.05) is 22.0 Å². The maximum Gasteiger partial charge on any atom is 0.0188 e. The van der Waals surface area contributed by atoms with E-state index in [-0.39, 0.29) is 12.4 Å². The third-order valence-corrected chi connectivity index (χ3v) is 2.73. The van der Waals surface area contributed by atoms with E-state index in [1.165, 1.54) is 9.13 Å². The van der Waals surface area contributed by atoms with Gasteiger partial charge in [0.25, 0.3) is 0 Å². The third-order valence-electron chi connectivity index (χ3n) is 1.24. The molecule has 0 radical (unpaired) electrons. The van der Waals surface area contributed by atoms with Crippen LogP contribution in [0.3, 0.4) is 0 Å². The van der Waals surface area contributed by atoms with Gasteiger partial charge >= 0.3 is 0 Å². The molecule has 0 fully saturated rings. The lowest BCUT2D eigenvalue weighted by atomic mass is 10.2. The summed E-state index contributed by atoms with van der Waals surface area (Å²) in [5.74, 6) is 0. The molecule has 4 heteroatoms. The topological polar surface area (TPSA) is 26.0 Å². The molecule has 0 amide bonds. The summed E-state index contributed by atoms with van der Waals surface area (Å²) < 4.78 is 2.32. The van der Waals surface area contributed by atoms with Gasteiger partial charge < -0.3 is 5.73 Å². The van der Waals surface area contributed by atoms with Crippen molar-refractivity contribution in [1.82, 2.24) is 0 Å². The highest BCUT2D eigenvalue weighted by Crippen LogP contribution is 2.17. The van der Waals surface area contributed by atoms with Crippen LogP contribution in [0, 0.1) is 3.57 Å². The van der Waals surface area contributed by atoms with E-state index < -0.39 is 0 Å². The van der Waals surface area contributed by atoms with Gasteiger partial charge in [-0.3, -0.25) is 0 Å². The summed E-state index contributed by atoms with van der Waals surface area (Å²) >= 11 is 5.66. The fourth-order valence-corrected chi connectivity index (χ4v) is 2.21. The van der Waals surface area contributed by atoms with E-state index in [1.807, 2.05) is 12.1 Å². The lowest BCUT2D eigenvalue weighted by Crippen LogP contribution is -1.98. The minimum atomic E-state index is 0. The highest BCUT2D eigenvalue weighted by molar-refractivity contribution is 14.1. The average Bonchev–Trinajstić information content (AvgIpc) is 1.88. The first-order chi connectivity index (χ1) is 4.74. The van der Waals surface area contributed by atoms with Crippen molar-refractivity contribution in [3.63, 3.8) is 0 Å². The van der Waals surface area contributed by atoms with Gasteiger partial charge in [-0.15, -0.1) is 12.4 Å². The molecule has 0 aliphatic carbocycles. The van der Waals surface area contributed by atoms with Crippen LogP contribution in [0.5, 0.6) is 0 Å². The van der Waals surface area contributed by atoms with Gasteiger partial charge in [0.2, 0.25) is 0 Å². The first-order valence-corrected chi connectivity index (χ1v) is 4.75. The molecule has 0 unspecified atom stereocenters. The number of nitrogens with two attached hydrogens (primary N) is 1. The predicted octanol–water partition coefficient (Wildman–Crippen LogP) is 2.93. The van der Waals surface area contributed by atoms with E-state index in [0.717, 1.165) is 4.47 Å². The second-order valence-electron chi connectivity index (χ2n) is 1.94. The summed E-state index contributed by atoms with van der Waals surface area (Å²) in [4.78, 5) is 0. The lowest BCUT2D eigenvalue weighted by molar-refractivity contribution is 1.06. The molecule has 1 nitrogen and oxygen atoms in total. The van der Waals surface area contributed by atoms with Crippen LogP contribution in [0.1, 0.15) is 5.56 Å². The minimum absolute atomic E-state index is 0. The van der Waals surface area contributed by atoms with Gasteiger partial charge in [-0.05, 0) is 40.3 Å². The van der Waals surface area contributed by atoms with Crippen LogP contribution in [-0.4, -0.2) is 0 Å². The summed E-state index contributed by atoms with van der Waals surface area (Å²) in [5, 5.41) is 0. The molecule has 1 aromatic carbocycles. The predicted molar refractivity (Wildman–Crippen MR) is 62.0 cm³/mol. The van der Waals surface area contributed by atoms with Gasteiger partial charge in [0, 0.05) is 14.6 Å². The van der Waals surface area contributed by atoms with Crippen molar-refractivity contribution in [3.05, 3.63) is 31.8 Å². The zero-order chi connectivity index (χ0) is 7.56. The van der Waals surface area contributed by atoms with Crippen molar-refractivity contribution in [2.75, 3.05) is 0 Å². The molecule has 0 saturated carbocycles. The van der Waals surface area contributed by atoms with Gasteiger partial charge in [0.1, 0.15) is 0 Å². The van der Waals surface area contributed by atoms with Crippen molar-refractivity contribution >= 4 is 50.9 Å². The summed E-state index contributed by atoms with van der Waals surface area (Å²) in [6.45, 7) is 0.617. The van der Waals surface area contributed by atoms with Crippen molar-refractivity contribution in [2.45, 2.75) is 6.54 Å². The zero-order valence-electron chi connectivity index (χ0n) is 5.68. The molecule has 0 bridgehead atoms. The fraction of sp³-hybridized carbons (Fsp3) is 0.143. The number of rotatable bonds is 1. The Bertz CT molecular complexity index is 242. The molecule has 2 N–H and O–H groups in total. The molecule has 0 saturated heterocycles. The van der Waals surface area contributed by atoms with Crippen LogP contribution in [0.4, 0.5) is 0 Å². The van der Waals surface area contributed by atoms with E-state index in [2.05, 4.69) is 44.6 Å². The average molecular weight is 348 g/mol. The van der Waals surface area contributed by atoms with Crippen LogP contribution in [0.25, 0.3) is 0 Å². The number of benzene rings is 1. The molecule has 1 aromatic rings. The van der Waals surface area contributed by atoms with Gasteiger partial charge in [0.15, 0.2) is 0 Å². The maximum atomic E-state index is 5.48. The Kier molecular flexibility index (Phi) is 5.68. The Morgan fingerprint density at radius 3 is 2.55 bits per heavy atom.